The fourth-order valence-electron chi connectivity index (χ4n) is 1.91. The predicted molar refractivity (Wildman–Crippen MR) is 85.4 cm³/mol. The lowest BCUT2D eigenvalue weighted by Gasteiger charge is -2.19. The van der Waals surface area contributed by atoms with Gasteiger partial charge < -0.3 is 10.6 Å². The van der Waals surface area contributed by atoms with Gasteiger partial charge in [0.05, 0.1) is 4.91 Å². The van der Waals surface area contributed by atoms with Gasteiger partial charge in [-0.2, -0.15) is 0 Å². The topological polar surface area (TPSA) is 53.5 Å². The van der Waals surface area contributed by atoms with Crippen molar-refractivity contribution < 1.29 is 4.79 Å². The van der Waals surface area contributed by atoms with E-state index in [0.717, 1.165) is 30.8 Å². The van der Waals surface area contributed by atoms with Crippen molar-refractivity contribution >= 4 is 47.7 Å². The molecule has 0 spiro atoms. The van der Waals surface area contributed by atoms with Gasteiger partial charge in [0.15, 0.2) is 0 Å². The van der Waals surface area contributed by atoms with Crippen molar-refractivity contribution in [2.24, 2.45) is 10.9 Å². The van der Waals surface area contributed by atoms with Gasteiger partial charge in [-0.3, -0.25) is 9.79 Å². The molecule has 0 atom stereocenters. The lowest BCUT2D eigenvalue weighted by Crippen LogP contribution is -2.27. The zero-order valence-electron chi connectivity index (χ0n) is 10.3. The average molecular weight is 322 g/mol. The SMILES string of the molecule is C#CCN=C1NC(=O)SC1=CC1CCNCC1.Cl.Cl. The molecule has 2 aliphatic heterocycles. The van der Waals surface area contributed by atoms with Crippen molar-refractivity contribution in [1.29, 1.82) is 0 Å². The molecule has 4 nitrogen and oxygen atoms in total. The highest BCUT2D eigenvalue weighted by Crippen LogP contribution is 2.27. The van der Waals surface area contributed by atoms with Crippen molar-refractivity contribution in [3.05, 3.63) is 11.0 Å². The van der Waals surface area contributed by atoms with Crippen LogP contribution in [0, 0.1) is 18.3 Å². The van der Waals surface area contributed by atoms with Crippen LogP contribution in [0.2, 0.25) is 0 Å². The number of amidine groups is 1. The molecular weight excluding hydrogens is 305 g/mol. The fraction of sp³-hybridized carbons (Fsp3) is 0.500. The number of carbonyl (C=O) groups is 1. The fourth-order valence-corrected chi connectivity index (χ4v) is 2.73. The Morgan fingerprint density at radius 3 is 2.74 bits per heavy atom. The summed E-state index contributed by atoms with van der Waals surface area (Å²) in [6.45, 7) is 2.38. The van der Waals surface area contributed by atoms with E-state index < -0.39 is 0 Å². The second-order valence-electron chi connectivity index (χ2n) is 4.00. The maximum absolute atomic E-state index is 11.3. The monoisotopic (exact) mass is 321 g/mol. The van der Waals surface area contributed by atoms with Crippen LogP contribution in [-0.2, 0) is 0 Å². The van der Waals surface area contributed by atoms with Crippen molar-refractivity contribution in [2.75, 3.05) is 19.6 Å². The number of amides is 1. The summed E-state index contributed by atoms with van der Waals surface area (Å²) in [6, 6.07) is 0. The van der Waals surface area contributed by atoms with Crippen LogP contribution in [-0.4, -0.2) is 30.7 Å². The molecule has 2 rings (SSSR count). The van der Waals surface area contributed by atoms with Gasteiger partial charge >= 0.3 is 0 Å². The molecule has 0 saturated carbocycles. The minimum Gasteiger partial charge on any atom is -0.317 e. The van der Waals surface area contributed by atoms with E-state index in [1.807, 2.05) is 0 Å². The van der Waals surface area contributed by atoms with E-state index in [-0.39, 0.29) is 30.1 Å². The van der Waals surface area contributed by atoms with E-state index in [4.69, 9.17) is 6.42 Å². The Morgan fingerprint density at radius 1 is 1.42 bits per heavy atom. The Morgan fingerprint density at radius 2 is 2.11 bits per heavy atom. The van der Waals surface area contributed by atoms with Gasteiger partial charge in [-0.05, 0) is 43.6 Å². The second-order valence-corrected chi connectivity index (χ2v) is 5.02. The highest BCUT2D eigenvalue weighted by molar-refractivity contribution is 8.18. The normalized spacial score (nSPS) is 23.4. The van der Waals surface area contributed by atoms with Crippen LogP contribution in [0.25, 0.3) is 0 Å². The molecule has 0 unspecified atom stereocenters. The standard InChI is InChI=1S/C12H15N3OS.2ClH/c1-2-5-14-11-10(17-12(16)15-11)8-9-3-6-13-7-4-9;;/h1,8-9,13H,3-7H2,(H,14,15,16);2*1H. The quantitative estimate of drug-likeness (QED) is 0.767. The molecule has 0 aromatic rings. The molecular formula is C12H17Cl2N3OS. The molecule has 0 aliphatic carbocycles. The van der Waals surface area contributed by atoms with Gasteiger partial charge in [-0.15, -0.1) is 31.2 Å². The molecule has 1 amide bonds. The summed E-state index contributed by atoms with van der Waals surface area (Å²) in [6.07, 6.45) is 9.54. The first-order valence-electron chi connectivity index (χ1n) is 5.69. The number of allylic oxidation sites excluding steroid dienone is 1. The minimum atomic E-state index is -0.0686. The van der Waals surface area contributed by atoms with E-state index in [1.165, 1.54) is 11.8 Å². The Hall–Kier alpha value is -0.670. The number of halogens is 2. The summed E-state index contributed by atoms with van der Waals surface area (Å²) < 4.78 is 0. The van der Waals surface area contributed by atoms with Gasteiger partial charge in [0, 0.05) is 0 Å². The molecule has 2 saturated heterocycles. The second kappa shape index (κ2) is 9.27. The molecule has 2 aliphatic rings. The van der Waals surface area contributed by atoms with Crippen molar-refractivity contribution in [3.8, 4) is 12.3 Å². The largest absolute Gasteiger partial charge is 0.317 e. The third-order valence-corrected chi connectivity index (χ3v) is 3.59. The summed E-state index contributed by atoms with van der Waals surface area (Å²) in [5.74, 6) is 3.61. The molecule has 7 heteroatoms. The zero-order chi connectivity index (χ0) is 12.1. The third-order valence-electron chi connectivity index (χ3n) is 2.76. The minimum absolute atomic E-state index is 0. The molecule has 19 heavy (non-hydrogen) atoms. The predicted octanol–water partition coefficient (Wildman–Crippen LogP) is 2.20. The maximum atomic E-state index is 11.3. The van der Waals surface area contributed by atoms with Crippen molar-refractivity contribution in [2.45, 2.75) is 12.8 Å². The van der Waals surface area contributed by atoms with Crippen LogP contribution in [0.4, 0.5) is 4.79 Å². The molecule has 2 N–H and O–H groups in total. The molecule has 0 aromatic heterocycles. The van der Waals surface area contributed by atoms with Crippen molar-refractivity contribution in [3.63, 3.8) is 0 Å². The van der Waals surface area contributed by atoms with E-state index in [0.29, 0.717) is 18.3 Å². The number of thioether (sulfide) groups is 1. The van der Waals surface area contributed by atoms with Crippen LogP contribution in [0.15, 0.2) is 16.0 Å². The Labute approximate surface area is 130 Å². The van der Waals surface area contributed by atoms with Gasteiger partial charge in [0.25, 0.3) is 5.24 Å². The zero-order valence-corrected chi connectivity index (χ0v) is 12.8. The van der Waals surface area contributed by atoms with E-state index in [2.05, 4.69) is 27.6 Å². The average Bonchev–Trinajstić information content (AvgIpc) is 2.68. The van der Waals surface area contributed by atoms with Crippen LogP contribution in [0.5, 0.6) is 0 Å². The number of nitrogens with one attached hydrogen (secondary N) is 2. The van der Waals surface area contributed by atoms with Crippen LogP contribution < -0.4 is 10.6 Å². The van der Waals surface area contributed by atoms with Gasteiger partial charge in [0.2, 0.25) is 0 Å². The summed E-state index contributed by atoms with van der Waals surface area (Å²) >= 11 is 1.21. The number of aliphatic imine (C=N–C) groups is 1. The van der Waals surface area contributed by atoms with E-state index in [9.17, 15) is 4.79 Å². The van der Waals surface area contributed by atoms with Gasteiger partial charge in [-0.25, -0.2) is 0 Å². The van der Waals surface area contributed by atoms with Gasteiger partial charge in [0.1, 0.15) is 12.4 Å². The lowest BCUT2D eigenvalue weighted by atomic mass is 9.97. The van der Waals surface area contributed by atoms with Crippen molar-refractivity contribution in [1.82, 2.24) is 10.6 Å². The number of hydrogen-bond acceptors (Lipinski definition) is 4. The van der Waals surface area contributed by atoms with Crippen LogP contribution >= 0.6 is 36.6 Å². The molecule has 2 heterocycles. The molecule has 106 valence electrons. The Kier molecular flexibility index (Phi) is 8.94. The number of hydrogen-bond donors (Lipinski definition) is 2. The van der Waals surface area contributed by atoms with Crippen LogP contribution in [0.1, 0.15) is 12.8 Å². The Bertz CT molecular complexity index is 412. The molecule has 0 aromatic carbocycles. The van der Waals surface area contributed by atoms with E-state index in [1.54, 1.807) is 0 Å². The molecule has 2 fully saturated rings. The molecule has 0 radical (unpaired) electrons. The highest BCUT2D eigenvalue weighted by Gasteiger charge is 2.24. The molecule has 0 bridgehead atoms. The summed E-state index contributed by atoms with van der Waals surface area (Å²) in [7, 11) is 0. The highest BCUT2D eigenvalue weighted by atomic mass is 35.5. The lowest BCUT2D eigenvalue weighted by molar-refractivity contribution is 0.265. The summed E-state index contributed by atoms with van der Waals surface area (Å²) in [5.41, 5.74) is 0. The first kappa shape index (κ1) is 18.3. The number of piperidine rings is 1. The third kappa shape index (κ3) is 5.45. The first-order chi connectivity index (χ1) is 8.29. The number of carbonyl (C=O) groups excluding carboxylic acids is 1. The number of terminal acetylenes is 1. The van der Waals surface area contributed by atoms with Gasteiger partial charge in [-0.1, -0.05) is 12.0 Å². The summed E-state index contributed by atoms with van der Waals surface area (Å²) in [5, 5.41) is 5.97. The summed E-state index contributed by atoms with van der Waals surface area (Å²) in [4.78, 5) is 16.4. The Balaban J connectivity index is 0.00000162. The number of nitrogens with zero attached hydrogens (tertiary/aromatic N) is 1. The van der Waals surface area contributed by atoms with E-state index >= 15 is 0 Å². The van der Waals surface area contributed by atoms with Crippen LogP contribution in [0.3, 0.4) is 0 Å². The maximum Gasteiger partial charge on any atom is 0.289 e. The smallest absolute Gasteiger partial charge is 0.289 e. The number of rotatable bonds is 2. The first-order valence-corrected chi connectivity index (χ1v) is 6.51.